The fourth-order valence-electron chi connectivity index (χ4n) is 22.3. The standard InChI is InChI=1S/C14H18N2O.C14H17NO2.C13H19N2.C12H22N2O.C11H20N2O.C10H21N2.C8H12N2O.C8H12N2.C6H12N2.2BrH/c17-14(12-4-2-1-3-5-12)15-13-10-16-8-6-11(13)7-9-16;16-14(12-4-2-1-3-5-12)17-13-10-15-8-6-11(13)7-9-15;1-2-4-13(5-3-1)12-15-9-6-14(7-10-15)8-11-15;1-2-3-4-12(15)13-11-9-14-7-5-10(11)6-8-14;1-2-3-11(14)12-10-8-13-6-4-9(10)5-7-13;1-2-3-7-12-8-4-11(5-9-12)6-10-12;9-5-8(11)6-10-3-1-7(8)2-4-10;1-9-8-2-5-10(6-3-8)7-4-8;1-2-8-5-3-7(1)4-6-8;;/h1-5,11,13H,6-10H2,(H,15,17);1-5,11,13H,6-10H2;1-5H,6-12H2;10-11H,2-9H2,1H3,(H,13,15);9-10H,2-8H2,1H3,(H,12,14);2-10H2,1H3;7,11H,1-4,6H2;2-7H2;1-6H2;2*1H/q;;+1;;;+1;;;;;/p-2. The number of nitriles is 1. The predicted molar refractivity (Wildman–Crippen MR) is 473 cm³/mol. The molecule has 27 heterocycles. The maximum Gasteiger partial charge on any atom is 0.338 e. The summed E-state index contributed by atoms with van der Waals surface area (Å²) in [6.45, 7) is 60.6. The average molecular weight is 1800 g/mol. The van der Waals surface area contributed by atoms with E-state index in [-0.39, 0.29) is 75.2 Å². The second-order valence-electron chi connectivity index (χ2n) is 38.6. The third-order valence-corrected chi connectivity index (χ3v) is 30.8. The Hall–Kier alpha value is -5.04. The number of nitrogens with zero attached hydrogens (tertiary/aromatic N) is 14. The van der Waals surface area contributed by atoms with Crippen molar-refractivity contribution in [3.63, 3.8) is 0 Å². The van der Waals surface area contributed by atoms with Crippen molar-refractivity contribution in [3.8, 4) is 6.07 Å². The molecule has 3 aromatic rings. The number of hydrogen-bond acceptors (Lipinski definition) is 17. The summed E-state index contributed by atoms with van der Waals surface area (Å²) in [5.41, 5.74) is 1.98. The molecule has 27 aliphatic heterocycles. The molecule has 27 aliphatic rings. The van der Waals surface area contributed by atoms with Gasteiger partial charge in [0.15, 0.2) is 5.60 Å². The van der Waals surface area contributed by atoms with Crippen LogP contribution in [0.3, 0.4) is 0 Å². The van der Waals surface area contributed by atoms with Gasteiger partial charge in [0.2, 0.25) is 17.4 Å². The minimum absolute atomic E-state index is 0. The SMILES string of the molecule is C1CN2CCN1CC2.CCCC(=O)NC1CN2CCC1CC2.CCCCC(=O)NC1CN2CCC1CC2.CCCC[N+]12CCN(CC1)CC2.N#CC1(O)CN2CCC1CC2.O=C(NC1CN2CCC1CC2)c1ccccc1.O=C(OC1CN2CCC1CC2)c1ccccc1.[Br-].[Br-].[C-]#[N+]C12CCN(CC1)CC2.c1ccc(C[N+]23CCN(CC2)CC3)cc1. The first-order chi connectivity index (χ1) is 58.0. The van der Waals surface area contributed by atoms with Crippen LogP contribution < -0.4 is 49.9 Å². The number of unbranched alkanes of at least 4 members (excludes halogenated alkanes) is 2. The molecular formula is C96H153Br2N17O6. The fraction of sp³-hybridized carbons (Fsp3) is 0.750. The number of hydrogen-bond donors (Lipinski definition) is 4. The molecule has 18 bridgehead atoms. The molecule has 4 N–H and O–H groups in total. The van der Waals surface area contributed by atoms with Crippen LogP contribution in [0, 0.1) is 47.5 Å². The third-order valence-electron chi connectivity index (χ3n) is 30.8. The van der Waals surface area contributed by atoms with E-state index in [9.17, 15) is 24.3 Å². The topological polar surface area (TPSA) is 194 Å². The molecule has 27 saturated heterocycles. The highest BCUT2D eigenvalue weighted by molar-refractivity contribution is 5.94. The van der Waals surface area contributed by atoms with Gasteiger partial charge in [0.25, 0.3) is 5.91 Å². The van der Waals surface area contributed by atoms with E-state index < -0.39 is 5.60 Å². The lowest BCUT2D eigenvalue weighted by Gasteiger charge is -2.50. The molecule has 0 saturated carbocycles. The van der Waals surface area contributed by atoms with Crippen molar-refractivity contribution in [1.82, 2.24) is 64.9 Å². The summed E-state index contributed by atoms with van der Waals surface area (Å²) in [6, 6.07) is 33.0. The zero-order chi connectivity index (χ0) is 82.9. The van der Waals surface area contributed by atoms with Gasteiger partial charge in [-0.05, 0) is 197 Å². The normalized spacial score (nSPS) is 36.5. The third kappa shape index (κ3) is 28.2. The lowest BCUT2D eigenvalue weighted by Crippen LogP contribution is -3.00. The van der Waals surface area contributed by atoms with Crippen LogP contribution in [0.5, 0.6) is 0 Å². The van der Waals surface area contributed by atoms with E-state index in [2.05, 4.69) is 121 Å². The number of piperazine rings is 9. The number of carbonyl (C=O) groups is 4. The average Bonchev–Trinajstić information content (AvgIpc) is 0.800. The number of esters is 1. The number of amides is 3. The van der Waals surface area contributed by atoms with Gasteiger partial charge < -0.3 is 93.2 Å². The van der Waals surface area contributed by atoms with E-state index in [4.69, 9.17) is 16.6 Å². The molecule has 121 heavy (non-hydrogen) atoms. The van der Waals surface area contributed by atoms with Crippen molar-refractivity contribution in [3.05, 3.63) is 119 Å². The van der Waals surface area contributed by atoms with Crippen molar-refractivity contribution in [1.29, 1.82) is 5.26 Å². The van der Waals surface area contributed by atoms with Gasteiger partial charge in [-0.15, -0.1) is 0 Å². The van der Waals surface area contributed by atoms with Crippen LogP contribution in [-0.2, 0) is 20.9 Å². The maximum absolute atomic E-state index is 12.1. The largest absolute Gasteiger partial charge is 1.00 e. The molecule has 0 radical (unpaired) electrons. The van der Waals surface area contributed by atoms with Crippen molar-refractivity contribution >= 4 is 23.7 Å². The highest BCUT2D eigenvalue weighted by atomic mass is 79.9. The molecule has 0 aliphatic carbocycles. The molecule has 3 aromatic carbocycles. The van der Waals surface area contributed by atoms with Crippen LogP contribution in [0.1, 0.15) is 175 Å². The Bertz CT molecular complexity index is 3480. The van der Waals surface area contributed by atoms with Crippen molar-refractivity contribution < 1.29 is 72.0 Å². The molecule has 672 valence electrons. The number of rotatable bonds is 16. The van der Waals surface area contributed by atoms with Gasteiger partial charge in [0.1, 0.15) is 12.6 Å². The highest BCUT2D eigenvalue weighted by Crippen LogP contribution is 2.38. The second kappa shape index (κ2) is 48.2. The van der Waals surface area contributed by atoms with Crippen LogP contribution in [0.15, 0.2) is 91.0 Å². The number of carbonyl (C=O) groups excluding carboxylic acids is 4. The summed E-state index contributed by atoms with van der Waals surface area (Å²) in [5, 5.41) is 28.1. The van der Waals surface area contributed by atoms with Crippen molar-refractivity contribution in [2.45, 2.75) is 191 Å². The number of halogens is 2. The highest BCUT2D eigenvalue weighted by Gasteiger charge is 2.48. The molecule has 30 rings (SSSR count). The quantitative estimate of drug-likeness (QED) is 0.0708. The van der Waals surface area contributed by atoms with Crippen molar-refractivity contribution in [2.24, 2.45) is 29.6 Å². The van der Waals surface area contributed by atoms with Gasteiger partial charge in [-0.2, -0.15) is 5.26 Å². The smallest absolute Gasteiger partial charge is 0.338 e. The van der Waals surface area contributed by atoms with E-state index >= 15 is 0 Å². The predicted octanol–water partition coefficient (Wildman–Crippen LogP) is 2.83. The van der Waals surface area contributed by atoms with Crippen molar-refractivity contribution in [2.75, 3.05) is 242 Å². The van der Waals surface area contributed by atoms with Gasteiger partial charge >= 0.3 is 5.97 Å². The Kier molecular flexibility index (Phi) is 38.5. The molecule has 23 nitrogen and oxygen atoms in total. The van der Waals surface area contributed by atoms with Crippen LogP contribution in [0.2, 0.25) is 0 Å². The number of fused-ring (bicyclic) bond motifs is 27. The van der Waals surface area contributed by atoms with Gasteiger partial charge in [-0.1, -0.05) is 100 Å². The zero-order valence-corrected chi connectivity index (χ0v) is 77.5. The molecule has 0 spiro atoms. The Labute approximate surface area is 749 Å². The first kappa shape index (κ1) is 96.6. The first-order valence-corrected chi connectivity index (χ1v) is 47.7. The number of nitrogens with one attached hydrogen (secondary N) is 3. The van der Waals surface area contributed by atoms with Gasteiger partial charge in [-0.25, -0.2) is 11.4 Å². The van der Waals surface area contributed by atoms with Gasteiger partial charge in [-0.3, -0.25) is 43.8 Å². The molecule has 5 unspecified atom stereocenters. The van der Waals surface area contributed by atoms with Crippen LogP contribution in [0.4, 0.5) is 0 Å². The summed E-state index contributed by atoms with van der Waals surface area (Å²) in [4.78, 5) is 75.6. The van der Waals surface area contributed by atoms with E-state index in [1.54, 1.807) is 0 Å². The van der Waals surface area contributed by atoms with E-state index in [0.29, 0.717) is 54.9 Å². The fourth-order valence-corrected chi connectivity index (χ4v) is 22.3. The Morgan fingerprint density at radius 1 is 0.446 bits per heavy atom. The van der Waals surface area contributed by atoms with Crippen LogP contribution in [-0.4, -0.2) is 364 Å². The van der Waals surface area contributed by atoms with Crippen LogP contribution in [0.25, 0.3) is 4.85 Å². The maximum atomic E-state index is 12.1. The number of quaternary nitrogens is 2. The Morgan fingerprint density at radius 3 is 1.18 bits per heavy atom. The molecule has 25 heteroatoms. The summed E-state index contributed by atoms with van der Waals surface area (Å²) >= 11 is 0. The monoisotopic (exact) mass is 1800 g/mol. The number of piperidine rings is 18. The molecular weight excluding hydrogens is 1650 g/mol. The zero-order valence-electron chi connectivity index (χ0n) is 74.4. The summed E-state index contributed by atoms with van der Waals surface area (Å²) < 4.78 is 8.41. The van der Waals surface area contributed by atoms with E-state index in [1.807, 2.05) is 66.7 Å². The first-order valence-electron chi connectivity index (χ1n) is 47.7. The second-order valence-corrected chi connectivity index (χ2v) is 38.6. The van der Waals surface area contributed by atoms with Gasteiger partial charge in [0, 0.05) is 198 Å². The minimum atomic E-state index is -1.03. The summed E-state index contributed by atoms with van der Waals surface area (Å²) in [5.74, 6) is 3.40. The summed E-state index contributed by atoms with van der Waals surface area (Å²) in [6.07, 6.45) is 22.6. The molecule has 3 amide bonds. The van der Waals surface area contributed by atoms with Gasteiger partial charge in [0.05, 0.1) is 57.4 Å². The van der Waals surface area contributed by atoms with E-state index in [1.165, 1.54) is 282 Å². The lowest BCUT2D eigenvalue weighted by atomic mass is 9.76. The number of aliphatic hydroxyl groups is 1. The Morgan fingerprint density at radius 2 is 0.826 bits per heavy atom. The minimum Gasteiger partial charge on any atom is -1.00 e. The molecule has 0 aromatic heterocycles. The van der Waals surface area contributed by atoms with E-state index in [0.717, 1.165) is 108 Å². The summed E-state index contributed by atoms with van der Waals surface area (Å²) in [7, 11) is 0. The molecule has 27 fully saturated rings. The number of benzene rings is 3. The van der Waals surface area contributed by atoms with Crippen LogP contribution >= 0.6 is 0 Å². The number of ether oxygens (including phenoxy) is 1. The Balaban J connectivity index is 0.000000134. The molecule has 5 atom stereocenters. The lowest BCUT2D eigenvalue weighted by molar-refractivity contribution is -0.953.